The fourth-order valence-corrected chi connectivity index (χ4v) is 3.95. The van der Waals surface area contributed by atoms with E-state index >= 15 is 0 Å². The molecule has 24 heavy (non-hydrogen) atoms. The Labute approximate surface area is 145 Å². The van der Waals surface area contributed by atoms with Crippen LogP contribution in [0.4, 0.5) is 5.95 Å². The van der Waals surface area contributed by atoms with Crippen LogP contribution in [0.2, 0.25) is 0 Å². The van der Waals surface area contributed by atoms with Crippen molar-refractivity contribution in [2.75, 3.05) is 31.1 Å². The van der Waals surface area contributed by atoms with Crippen molar-refractivity contribution in [2.45, 2.75) is 59.3 Å². The van der Waals surface area contributed by atoms with Gasteiger partial charge in [0.15, 0.2) is 0 Å². The Hall–Kier alpha value is -1.65. The summed E-state index contributed by atoms with van der Waals surface area (Å²) in [6.07, 6.45) is 6.06. The Morgan fingerprint density at radius 2 is 1.71 bits per heavy atom. The molecule has 1 aromatic heterocycles. The molecular formula is C19H30N4O. The maximum Gasteiger partial charge on any atom is 0.225 e. The van der Waals surface area contributed by atoms with E-state index < -0.39 is 0 Å². The van der Waals surface area contributed by atoms with Gasteiger partial charge in [-0.1, -0.05) is 13.8 Å². The largest absolute Gasteiger partial charge is 0.342 e. The smallest absolute Gasteiger partial charge is 0.225 e. The molecule has 1 amide bonds. The molecule has 1 fully saturated rings. The third kappa shape index (κ3) is 3.40. The lowest BCUT2D eigenvalue weighted by atomic mass is 10.0. The Kier molecular flexibility index (Phi) is 5.36. The number of anilines is 1. The van der Waals surface area contributed by atoms with E-state index in [2.05, 4.69) is 25.7 Å². The van der Waals surface area contributed by atoms with Gasteiger partial charge in [-0.3, -0.25) is 4.79 Å². The minimum atomic E-state index is 0.165. The van der Waals surface area contributed by atoms with Gasteiger partial charge >= 0.3 is 0 Å². The van der Waals surface area contributed by atoms with Crippen LogP contribution in [-0.4, -0.2) is 47.0 Å². The molecular weight excluding hydrogens is 300 g/mol. The number of aromatic nitrogens is 2. The van der Waals surface area contributed by atoms with Gasteiger partial charge in [0.2, 0.25) is 11.9 Å². The maximum atomic E-state index is 12.7. The quantitative estimate of drug-likeness (QED) is 0.852. The van der Waals surface area contributed by atoms with E-state index in [0.717, 1.165) is 69.2 Å². The summed E-state index contributed by atoms with van der Waals surface area (Å²) in [6.45, 7) is 10.0. The highest BCUT2D eigenvalue weighted by atomic mass is 16.2. The highest BCUT2D eigenvalue weighted by molar-refractivity contribution is 5.78. The van der Waals surface area contributed by atoms with Crippen LogP contribution in [0.3, 0.4) is 0 Å². The second-order valence-corrected chi connectivity index (χ2v) is 7.07. The Balaban J connectivity index is 1.77. The predicted molar refractivity (Wildman–Crippen MR) is 96.3 cm³/mol. The van der Waals surface area contributed by atoms with E-state index in [1.165, 1.54) is 18.4 Å². The number of amides is 1. The average Bonchev–Trinajstić information content (AvgIpc) is 3.03. The minimum Gasteiger partial charge on any atom is -0.342 e. The van der Waals surface area contributed by atoms with E-state index in [1.54, 1.807) is 0 Å². The highest BCUT2D eigenvalue weighted by Crippen LogP contribution is 2.23. The zero-order chi connectivity index (χ0) is 17.1. The molecule has 3 rings (SSSR count). The van der Waals surface area contributed by atoms with E-state index in [9.17, 15) is 4.79 Å². The number of carbonyl (C=O) groups is 1. The zero-order valence-corrected chi connectivity index (χ0v) is 15.3. The molecule has 0 atom stereocenters. The first-order valence-electron chi connectivity index (χ1n) is 9.54. The van der Waals surface area contributed by atoms with E-state index in [1.807, 2.05) is 4.90 Å². The first kappa shape index (κ1) is 17.2. The van der Waals surface area contributed by atoms with Gasteiger partial charge in [0.1, 0.15) is 0 Å². The lowest BCUT2D eigenvalue weighted by Crippen LogP contribution is -2.37. The summed E-state index contributed by atoms with van der Waals surface area (Å²) in [6, 6.07) is 0. The summed E-state index contributed by atoms with van der Waals surface area (Å²) in [4.78, 5) is 26.7. The van der Waals surface area contributed by atoms with Crippen LogP contribution in [0.15, 0.2) is 0 Å². The Bertz CT molecular complexity index is 591. The maximum absolute atomic E-state index is 12.7. The number of nitrogens with zero attached hydrogens (tertiary/aromatic N) is 4. The van der Waals surface area contributed by atoms with Crippen molar-refractivity contribution >= 4 is 11.9 Å². The van der Waals surface area contributed by atoms with Crippen LogP contribution in [0.5, 0.6) is 0 Å². The van der Waals surface area contributed by atoms with Crippen molar-refractivity contribution in [2.24, 2.45) is 5.92 Å². The highest BCUT2D eigenvalue weighted by Gasteiger charge is 2.26. The van der Waals surface area contributed by atoms with Crippen molar-refractivity contribution in [3.63, 3.8) is 0 Å². The van der Waals surface area contributed by atoms with Crippen LogP contribution in [0.25, 0.3) is 0 Å². The fourth-order valence-electron chi connectivity index (χ4n) is 3.95. The second kappa shape index (κ2) is 7.49. The molecule has 5 nitrogen and oxygen atoms in total. The summed E-state index contributed by atoms with van der Waals surface area (Å²) in [5.74, 6) is 1.38. The molecule has 0 N–H and O–H groups in total. The van der Waals surface area contributed by atoms with Gasteiger partial charge < -0.3 is 9.80 Å². The van der Waals surface area contributed by atoms with E-state index in [4.69, 9.17) is 9.97 Å². The van der Waals surface area contributed by atoms with Crippen LogP contribution in [-0.2, 0) is 17.6 Å². The molecule has 1 aromatic rings. The molecule has 2 aliphatic rings. The molecule has 5 heteroatoms. The third-order valence-electron chi connectivity index (χ3n) is 5.57. The fraction of sp³-hybridized carbons (Fsp3) is 0.737. The van der Waals surface area contributed by atoms with Gasteiger partial charge in [-0.05, 0) is 44.6 Å². The lowest BCUT2D eigenvalue weighted by molar-refractivity contribution is -0.135. The standard InChI is InChI=1S/C19H30N4O/c1-4-15(5-2)18(24)22-12-8-16-14(3)20-19(21-17(16)9-13-22)23-10-6-7-11-23/h15H,4-13H2,1-3H3. The van der Waals surface area contributed by atoms with E-state index in [-0.39, 0.29) is 5.92 Å². The Morgan fingerprint density at radius 3 is 2.38 bits per heavy atom. The van der Waals surface area contributed by atoms with Gasteiger partial charge in [-0.25, -0.2) is 9.97 Å². The summed E-state index contributed by atoms with van der Waals surface area (Å²) < 4.78 is 0. The van der Waals surface area contributed by atoms with Gasteiger partial charge in [0, 0.05) is 44.2 Å². The number of rotatable bonds is 4. The molecule has 0 radical (unpaired) electrons. The van der Waals surface area contributed by atoms with Gasteiger partial charge in [0.05, 0.1) is 5.69 Å². The molecule has 2 aliphatic heterocycles. The van der Waals surface area contributed by atoms with E-state index in [0.29, 0.717) is 5.91 Å². The van der Waals surface area contributed by atoms with Crippen molar-refractivity contribution < 1.29 is 4.79 Å². The molecule has 0 aromatic carbocycles. The molecule has 0 unspecified atom stereocenters. The lowest BCUT2D eigenvalue weighted by Gasteiger charge is -2.24. The zero-order valence-electron chi connectivity index (χ0n) is 15.3. The first-order chi connectivity index (χ1) is 11.6. The molecule has 0 saturated carbocycles. The molecule has 1 saturated heterocycles. The second-order valence-electron chi connectivity index (χ2n) is 7.07. The van der Waals surface area contributed by atoms with Gasteiger partial charge in [0.25, 0.3) is 0 Å². The SMILES string of the molecule is CCC(CC)C(=O)N1CCc2nc(N3CCCC3)nc(C)c2CC1. The number of hydrogen-bond acceptors (Lipinski definition) is 4. The van der Waals surface area contributed by atoms with Crippen LogP contribution < -0.4 is 4.90 Å². The van der Waals surface area contributed by atoms with Crippen LogP contribution >= 0.6 is 0 Å². The van der Waals surface area contributed by atoms with Crippen molar-refractivity contribution in [3.8, 4) is 0 Å². The first-order valence-corrected chi connectivity index (χ1v) is 9.54. The molecule has 3 heterocycles. The van der Waals surface area contributed by atoms with Crippen LogP contribution in [0.1, 0.15) is 56.5 Å². The van der Waals surface area contributed by atoms with Crippen molar-refractivity contribution in [3.05, 3.63) is 17.0 Å². The number of carbonyl (C=O) groups excluding carboxylic acids is 1. The average molecular weight is 330 g/mol. The number of fused-ring (bicyclic) bond motifs is 1. The molecule has 0 bridgehead atoms. The topological polar surface area (TPSA) is 49.3 Å². The summed E-state index contributed by atoms with van der Waals surface area (Å²) in [7, 11) is 0. The summed E-state index contributed by atoms with van der Waals surface area (Å²) in [5, 5.41) is 0. The molecule has 0 aliphatic carbocycles. The minimum absolute atomic E-state index is 0.165. The third-order valence-corrected chi connectivity index (χ3v) is 5.57. The monoisotopic (exact) mass is 330 g/mol. The predicted octanol–water partition coefficient (Wildman–Crippen LogP) is 2.75. The van der Waals surface area contributed by atoms with Crippen molar-refractivity contribution in [1.29, 1.82) is 0 Å². The van der Waals surface area contributed by atoms with Gasteiger partial charge in [-0.15, -0.1) is 0 Å². The number of aryl methyl sites for hydroxylation is 1. The normalized spacial score (nSPS) is 18.0. The van der Waals surface area contributed by atoms with Gasteiger partial charge in [-0.2, -0.15) is 0 Å². The number of hydrogen-bond donors (Lipinski definition) is 0. The summed E-state index contributed by atoms with van der Waals surface area (Å²) >= 11 is 0. The molecule has 132 valence electrons. The van der Waals surface area contributed by atoms with Crippen molar-refractivity contribution in [1.82, 2.24) is 14.9 Å². The van der Waals surface area contributed by atoms with Crippen LogP contribution in [0, 0.1) is 12.8 Å². The summed E-state index contributed by atoms with van der Waals surface area (Å²) in [5.41, 5.74) is 3.51. The Morgan fingerprint density at radius 1 is 1.04 bits per heavy atom. The molecule has 0 spiro atoms.